The van der Waals surface area contributed by atoms with Crippen LogP contribution in [-0.4, -0.2) is 38.3 Å². The average Bonchev–Trinajstić information content (AvgIpc) is 2.05. The van der Waals surface area contributed by atoms with Gasteiger partial charge in [0.05, 0.1) is 11.9 Å². The summed E-state index contributed by atoms with van der Waals surface area (Å²) in [7, 11) is 0. The van der Waals surface area contributed by atoms with Gasteiger partial charge in [-0.15, -0.1) is 0 Å². The number of carboxylic acid groups (broad SMARTS) is 2. The summed E-state index contributed by atoms with van der Waals surface area (Å²) in [5.41, 5.74) is 0. The number of aliphatic carboxylic acids is 2. The molecule has 2 atom stereocenters. The molecular formula is C4H5O7Zn. The van der Waals surface area contributed by atoms with E-state index in [0.29, 0.717) is 18.7 Å². The van der Waals surface area contributed by atoms with Crippen molar-refractivity contribution in [1.29, 1.82) is 0 Å². The normalized spacial score (nSPS) is 13.8. The number of hydrogen-bond donors (Lipinski definition) is 3. The Morgan fingerprint density at radius 3 is 1.25 bits per heavy atom. The van der Waals surface area contributed by atoms with Crippen LogP contribution in [0.25, 0.3) is 0 Å². The van der Waals surface area contributed by atoms with Gasteiger partial charge >= 0.3 is 22.6 Å². The standard InChI is InChI=1S/C4H6O6.H2O.Zn/c5-1(3(7)8)2(6)4(9)10;;/h1-2,5-6H,(H,7,8)(H,9,10);1H2;/q;;+3/p-3. The number of carboxylic acids is 2. The van der Waals surface area contributed by atoms with Crippen LogP contribution in [0.15, 0.2) is 0 Å². The van der Waals surface area contributed by atoms with Crippen LogP contribution < -0.4 is 10.2 Å². The predicted octanol–water partition coefficient (Wildman–Crippen LogP) is -5.35. The van der Waals surface area contributed by atoms with Crippen molar-refractivity contribution in [2.45, 2.75) is 12.2 Å². The maximum atomic E-state index is 9.63. The fourth-order valence-electron chi connectivity index (χ4n) is 0.258. The molecule has 7 nitrogen and oxygen atoms in total. The molecule has 0 radical (unpaired) electrons. The molecule has 0 aromatic heterocycles. The van der Waals surface area contributed by atoms with E-state index in [1.54, 1.807) is 0 Å². The van der Waals surface area contributed by atoms with E-state index in [4.69, 9.17) is 14.1 Å². The third-order valence-corrected chi connectivity index (χ3v) is 0.782. The van der Waals surface area contributed by atoms with Crippen molar-refractivity contribution in [1.82, 2.24) is 0 Å². The Morgan fingerprint density at radius 2 is 1.17 bits per heavy atom. The predicted molar refractivity (Wildman–Crippen MR) is 24.2 cm³/mol. The molecular weight excluding hydrogens is 225 g/mol. The molecule has 0 spiro atoms. The van der Waals surface area contributed by atoms with Crippen LogP contribution in [0.1, 0.15) is 0 Å². The first-order valence-corrected chi connectivity index (χ1v) is 3.89. The van der Waals surface area contributed by atoms with Crippen LogP contribution in [0.3, 0.4) is 0 Å². The Labute approximate surface area is 77.3 Å². The third kappa shape index (κ3) is 5.14. The van der Waals surface area contributed by atoms with Gasteiger partial charge in [0.15, 0.2) is 0 Å². The maximum absolute atomic E-state index is 9.63. The van der Waals surface area contributed by atoms with Gasteiger partial charge in [0, 0.05) is 0 Å². The van der Waals surface area contributed by atoms with Crippen molar-refractivity contribution in [3.8, 4) is 0 Å². The van der Waals surface area contributed by atoms with E-state index >= 15 is 0 Å². The van der Waals surface area contributed by atoms with Crippen molar-refractivity contribution >= 4 is 11.9 Å². The van der Waals surface area contributed by atoms with E-state index in [2.05, 4.69) is 0 Å². The Morgan fingerprint density at radius 1 is 1.00 bits per heavy atom. The fraction of sp³-hybridized carbons (Fsp3) is 0.500. The molecule has 0 aliphatic heterocycles. The molecule has 12 heavy (non-hydrogen) atoms. The molecule has 0 aromatic carbocycles. The summed E-state index contributed by atoms with van der Waals surface area (Å²) in [5, 5.41) is 35.7. The van der Waals surface area contributed by atoms with Gasteiger partial charge in [0.25, 0.3) is 0 Å². The fourth-order valence-corrected chi connectivity index (χ4v) is 0.258. The molecule has 0 heterocycles. The summed E-state index contributed by atoms with van der Waals surface area (Å²) in [4.78, 5) is 19.3. The number of carbonyl (C=O) groups is 2. The molecule has 0 saturated carbocycles. The molecule has 0 rings (SSSR count). The van der Waals surface area contributed by atoms with Crippen LogP contribution >= 0.6 is 0 Å². The van der Waals surface area contributed by atoms with Gasteiger partial charge in [-0.05, 0) is 0 Å². The minimum atomic E-state index is -2.44. The summed E-state index contributed by atoms with van der Waals surface area (Å²) in [5.74, 6) is -4.12. The summed E-state index contributed by atoms with van der Waals surface area (Å²) in [6, 6.07) is 0. The molecule has 0 aromatic rings. The van der Waals surface area contributed by atoms with Gasteiger partial charge in [-0.2, -0.15) is 0 Å². The zero-order valence-electron chi connectivity index (χ0n) is 5.84. The molecule has 0 aliphatic rings. The number of hydrogen-bond acceptors (Lipinski definition) is 7. The summed E-state index contributed by atoms with van der Waals surface area (Å²) in [6.45, 7) is 0. The Hall–Kier alpha value is -0.557. The molecule has 0 amide bonds. The van der Waals surface area contributed by atoms with E-state index in [1.165, 1.54) is 0 Å². The quantitative estimate of drug-likeness (QED) is 0.411. The van der Waals surface area contributed by atoms with Crippen molar-refractivity contribution in [2.75, 3.05) is 0 Å². The minimum absolute atomic E-state index is 0.375. The number of carbonyl (C=O) groups excluding carboxylic acids is 2. The van der Waals surface area contributed by atoms with Crippen LogP contribution in [0.5, 0.6) is 0 Å². The SMILES string of the molecule is O=C([O-])C(O)C(O)C(=O)[O-].[OH][Zn+2]. The number of aliphatic hydroxyl groups is 2. The van der Waals surface area contributed by atoms with Gasteiger partial charge in [0.2, 0.25) is 0 Å². The molecule has 0 fully saturated rings. The monoisotopic (exact) mass is 229 g/mol. The Bertz CT molecular complexity index is 139. The first-order chi connectivity index (χ1) is 5.46. The molecule has 0 aliphatic carbocycles. The van der Waals surface area contributed by atoms with Crippen LogP contribution in [-0.2, 0) is 28.3 Å². The van der Waals surface area contributed by atoms with E-state index in [1.807, 2.05) is 0 Å². The molecule has 0 saturated heterocycles. The van der Waals surface area contributed by atoms with Gasteiger partial charge in [-0.3, -0.25) is 0 Å². The van der Waals surface area contributed by atoms with Crippen molar-refractivity contribution in [3.63, 3.8) is 0 Å². The second-order valence-electron chi connectivity index (χ2n) is 1.53. The summed E-state index contributed by atoms with van der Waals surface area (Å²) >= 11 is 0.375. The van der Waals surface area contributed by atoms with Gasteiger partial charge < -0.3 is 30.0 Å². The second-order valence-corrected chi connectivity index (χ2v) is 1.53. The second kappa shape index (κ2) is 7.11. The first-order valence-electron chi connectivity index (χ1n) is 2.56. The van der Waals surface area contributed by atoms with Crippen molar-refractivity contribution in [3.05, 3.63) is 0 Å². The summed E-state index contributed by atoms with van der Waals surface area (Å²) in [6.07, 6.45) is -4.88. The van der Waals surface area contributed by atoms with Crippen LogP contribution in [0.2, 0.25) is 0 Å². The Kier molecular flexibility index (Phi) is 8.29. The van der Waals surface area contributed by atoms with Crippen molar-refractivity contribution in [2.24, 2.45) is 0 Å². The summed E-state index contributed by atoms with van der Waals surface area (Å²) < 4.78 is 7.12. The molecule has 8 heteroatoms. The Balaban J connectivity index is 0. The number of rotatable bonds is 3. The van der Waals surface area contributed by atoms with Crippen molar-refractivity contribution < 1.29 is 52.6 Å². The zero-order chi connectivity index (χ0) is 10.3. The third-order valence-electron chi connectivity index (χ3n) is 0.782. The average molecular weight is 230 g/mol. The van der Waals surface area contributed by atoms with E-state index in [9.17, 15) is 19.8 Å². The van der Waals surface area contributed by atoms with E-state index in [0.717, 1.165) is 0 Å². The molecule has 65 valence electrons. The van der Waals surface area contributed by atoms with E-state index in [-0.39, 0.29) is 0 Å². The van der Waals surface area contributed by atoms with E-state index < -0.39 is 24.1 Å². The molecule has 3 N–H and O–H groups in total. The van der Waals surface area contributed by atoms with Crippen LogP contribution in [0, 0.1) is 0 Å². The van der Waals surface area contributed by atoms with Gasteiger partial charge in [-0.25, -0.2) is 0 Å². The topological polar surface area (TPSA) is 141 Å². The first kappa shape index (κ1) is 14.0. The van der Waals surface area contributed by atoms with Crippen LogP contribution in [0.4, 0.5) is 0 Å². The van der Waals surface area contributed by atoms with Gasteiger partial charge in [0.1, 0.15) is 12.2 Å². The number of aliphatic hydroxyl groups excluding tert-OH is 2. The molecule has 2 unspecified atom stereocenters. The zero-order valence-corrected chi connectivity index (χ0v) is 8.80. The molecule has 0 bridgehead atoms. The van der Waals surface area contributed by atoms with Gasteiger partial charge in [-0.1, -0.05) is 0 Å².